The van der Waals surface area contributed by atoms with Gasteiger partial charge in [-0.05, 0) is 19.9 Å². The smallest absolute Gasteiger partial charge is 0.396 e. The van der Waals surface area contributed by atoms with Crippen LogP contribution in [0.15, 0.2) is 12.3 Å². The Kier molecular flexibility index (Phi) is 4.57. The van der Waals surface area contributed by atoms with Crippen LogP contribution in [0.1, 0.15) is 19.5 Å². The molecule has 4 N–H and O–H groups in total. The Labute approximate surface area is 108 Å². The first-order chi connectivity index (χ1) is 8.75. The van der Waals surface area contributed by atoms with Gasteiger partial charge in [-0.25, -0.2) is 4.98 Å². The van der Waals surface area contributed by atoms with Gasteiger partial charge in [-0.1, -0.05) is 0 Å². The second-order valence-corrected chi connectivity index (χ2v) is 3.92. The molecule has 1 atom stereocenters. The Hall–Kier alpha value is -1.99. The van der Waals surface area contributed by atoms with Crippen LogP contribution in [-0.2, 0) is 11.0 Å². The number of carbonyl (C=O) groups excluding carboxylic acids is 1. The van der Waals surface area contributed by atoms with Crippen molar-refractivity contribution in [1.82, 2.24) is 10.3 Å². The third kappa shape index (κ3) is 4.01. The lowest BCUT2D eigenvalue weighted by atomic mass is 10.2. The molecule has 1 amide bonds. The lowest BCUT2D eigenvalue weighted by molar-refractivity contribution is -0.141. The van der Waals surface area contributed by atoms with Gasteiger partial charge in [-0.15, -0.1) is 0 Å². The number of nitrogens with one attached hydrogen (secondary N) is 2. The summed E-state index contributed by atoms with van der Waals surface area (Å²) >= 11 is 0. The van der Waals surface area contributed by atoms with E-state index >= 15 is 0 Å². The van der Waals surface area contributed by atoms with Crippen LogP contribution in [0.4, 0.5) is 24.5 Å². The van der Waals surface area contributed by atoms with Crippen molar-refractivity contribution in [3.8, 4) is 0 Å². The highest BCUT2D eigenvalue weighted by atomic mass is 19.4. The zero-order valence-electron chi connectivity index (χ0n) is 10.5. The van der Waals surface area contributed by atoms with Crippen molar-refractivity contribution in [2.24, 2.45) is 0 Å². The maximum atomic E-state index is 12.5. The molecule has 8 heteroatoms. The van der Waals surface area contributed by atoms with Crippen molar-refractivity contribution in [2.45, 2.75) is 26.1 Å². The monoisotopic (exact) mass is 276 g/mol. The van der Waals surface area contributed by atoms with Gasteiger partial charge in [0, 0.05) is 6.54 Å². The first-order valence-electron chi connectivity index (χ1n) is 5.62. The van der Waals surface area contributed by atoms with Crippen molar-refractivity contribution < 1.29 is 18.0 Å². The van der Waals surface area contributed by atoms with E-state index < -0.39 is 17.9 Å². The van der Waals surface area contributed by atoms with E-state index in [-0.39, 0.29) is 17.3 Å². The maximum absolute atomic E-state index is 12.5. The largest absolute Gasteiger partial charge is 0.433 e. The van der Waals surface area contributed by atoms with Gasteiger partial charge in [0.2, 0.25) is 5.91 Å². The average molecular weight is 276 g/mol. The molecule has 0 aromatic carbocycles. The Bertz CT molecular complexity index is 462. The summed E-state index contributed by atoms with van der Waals surface area (Å²) < 4.78 is 37.5. The zero-order chi connectivity index (χ0) is 14.6. The number of hydrogen-bond acceptors (Lipinski definition) is 4. The third-order valence-corrected chi connectivity index (χ3v) is 2.34. The molecule has 5 nitrogen and oxygen atoms in total. The quantitative estimate of drug-likeness (QED) is 0.780. The fraction of sp³-hybridized carbons (Fsp3) is 0.455. The van der Waals surface area contributed by atoms with E-state index in [1.165, 1.54) is 6.92 Å². The highest BCUT2D eigenvalue weighted by Gasteiger charge is 2.33. The van der Waals surface area contributed by atoms with Crippen molar-refractivity contribution in [2.75, 3.05) is 17.6 Å². The second-order valence-electron chi connectivity index (χ2n) is 3.92. The Morgan fingerprint density at radius 1 is 1.53 bits per heavy atom. The summed E-state index contributed by atoms with van der Waals surface area (Å²) in [4.78, 5) is 14.7. The molecule has 0 radical (unpaired) electrons. The van der Waals surface area contributed by atoms with Crippen LogP contribution in [-0.4, -0.2) is 23.5 Å². The summed E-state index contributed by atoms with van der Waals surface area (Å²) in [6, 6.07) is 0.0798. The topological polar surface area (TPSA) is 80.0 Å². The van der Waals surface area contributed by atoms with E-state index in [1.54, 1.807) is 6.92 Å². The Morgan fingerprint density at radius 3 is 2.68 bits per heavy atom. The fourth-order valence-corrected chi connectivity index (χ4v) is 1.37. The predicted octanol–water partition coefficient (Wildman–Crippen LogP) is 1.62. The molecule has 1 aromatic rings. The molecule has 0 spiro atoms. The number of aromatic nitrogens is 1. The van der Waals surface area contributed by atoms with Crippen LogP contribution in [0.3, 0.4) is 0 Å². The number of nitrogen functional groups attached to an aromatic ring is 1. The Balaban J connectivity index is 2.91. The summed E-state index contributed by atoms with van der Waals surface area (Å²) in [7, 11) is 0. The molecular formula is C11H15F3N4O. The number of amides is 1. The minimum atomic E-state index is -4.56. The Morgan fingerprint density at radius 2 is 2.16 bits per heavy atom. The number of likely N-dealkylation sites (N-methyl/N-ethyl adjacent to an activating group) is 1. The minimum absolute atomic E-state index is 0.0288. The van der Waals surface area contributed by atoms with E-state index in [1.807, 2.05) is 0 Å². The number of halogens is 3. The van der Waals surface area contributed by atoms with Gasteiger partial charge in [0.15, 0.2) is 0 Å². The lowest BCUT2D eigenvalue weighted by Gasteiger charge is -2.17. The summed E-state index contributed by atoms with van der Waals surface area (Å²) in [5, 5.41) is 5.18. The van der Waals surface area contributed by atoms with Gasteiger partial charge in [0.1, 0.15) is 11.7 Å². The van der Waals surface area contributed by atoms with Crippen LogP contribution in [0, 0.1) is 0 Å². The standard InChI is InChI=1S/C11H15F3N4O/c1-3-16-10(19)6(2)18-8-4-9(11(12,13)14)17-5-7(8)15/h4-6H,3,15H2,1-2H3,(H,16,19)(H,17,18). The first-order valence-corrected chi connectivity index (χ1v) is 5.62. The summed E-state index contributed by atoms with van der Waals surface area (Å²) in [5.41, 5.74) is 4.54. The number of rotatable bonds is 4. The number of anilines is 2. The summed E-state index contributed by atoms with van der Waals surface area (Å²) in [6.07, 6.45) is -3.64. The van der Waals surface area contributed by atoms with Gasteiger partial charge in [-0.2, -0.15) is 13.2 Å². The van der Waals surface area contributed by atoms with Crippen molar-refractivity contribution in [1.29, 1.82) is 0 Å². The molecule has 0 fully saturated rings. The normalized spacial score (nSPS) is 12.9. The number of nitrogens with two attached hydrogens (primary N) is 1. The second kappa shape index (κ2) is 5.77. The van der Waals surface area contributed by atoms with Crippen LogP contribution in [0.5, 0.6) is 0 Å². The van der Waals surface area contributed by atoms with Crippen molar-refractivity contribution in [3.63, 3.8) is 0 Å². The molecule has 0 aliphatic rings. The van der Waals surface area contributed by atoms with Gasteiger partial charge in [0.05, 0.1) is 17.6 Å². The molecule has 0 aliphatic heterocycles. The zero-order valence-corrected chi connectivity index (χ0v) is 10.5. The molecule has 1 aromatic heterocycles. The molecular weight excluding hydrogens is 261 g/mol. The first kappa shape index (κ1) is 15.1. The van der Waals surface area contributed by atoms with Crippen LogP contribution >= 0.6 is 0 Å². The number of alkyl halides is 3. The summed E-state index contributed by atoms with van der Waals surface area (Å²) in [6.45, 7) is 3.70. The number of carbonyl (C=O) groups is 1. The molecule has 1 heterocycles. The van der Waals surface area contributed by atoms with E-state index in [0.29, 0.717) is 6.54 Å². The molecule has 106 valence electrons. The van der Waals surface area contributed by atoms with Gasteiger partial charge < -0.3 is 16.4 Å². The van der Waals surface area contributed by atoms with Crippen LogP contribution in [0.25, 0.3) is 0 Å². The molecule has 19 heavy (non-hydrogen) atoms. The molecule has 0 saturated carbocycles. The summed E-state index contributed by atoms with van der Waals surface area (Å²) in [5.74, 6) is -0.327. The van der Waals surface area contributed by atoms with Crippen molar-refractivity contribution in [3.05, 3.63) is 18.0 Å². The van der Waals surface area contributed by atoms with Crippen LogP contribution < -0.4 is 16.4 Å². The van der Waals surface area contributed by atoms with Gasteiger partial charge in [0.25, 0.3) is 0 Å². The number of hydrogen-bond donors (Lipinski definition) is 3. The minimum Gasteiger partial charge on any atom is -0.396 e. The average Bonchev–Trinajstić information content (AvgIpc) is 2.30. The molecule has 0 bridgehead atoms. The van der Waals surface area contributed by atoms with Gasteiger partial charge >= 0.3 is 6.18 Å². The fourth-order valence-electron chi connectivity index (χ4n) is 1.37. The highest BCUT2D eigenvalue weighted by Crippen LogP contribution is 2.31. The van der Waals surface area contributed by atoms with E-state index in [0.717, 1.165) is 12.3 Å². The highest BCUT2D eigenvalue weighted by molar-refractivity contribution is 5.85. The maximum Gasteiger partial charge on any atom is 0.433 e. The van der Waals surface area contributed by atoms with Crippen molar-refractivity contribution >= 4 is 17.3 Å². The predicted molar refractivity (Wildman–Crippen MR) is 65.4 cm³/mol. The third-order valence-electron chi connectivity index (χ3n) is 2.34. The molecule has 1 rings (SSSR count). The lowest BCUT2D eigenvalue weighted by Crippen LogP contribution is -2.37. The SMILES string of the molecule is CCNC(=O)C(C)Nc1cc(C(F)(F)F)ncc1N. The molecule has 0 saturated heterocycles. The number of nitrogens with zero attached hydrogens (tertiary/aromatic N) is 1. The number of pyridine rings is 1. The molecule has 0 aliphatic carbocycles. The van der Waals surface area contributed by atoms with Crippen LogP contribution in [0.2, 0.25) is 0 Å². The van der Waals surface area contributed by atoms with Gasteiger partial charge in [-0.3, -0.25) is 4.79 Å². The van der Waals surface area contributed by atoms with E-state index in [4.69, 9.17) is 5.73 Å². The molecule has 1 unspecified atom stereocenters. The van der Waals surface area contributed by atoms with E-state index in [2.05, 4.69) is 15.6 Å². The van der Waals surface area contributed by atoms with E-state index in [9.17, 15) is 18.0 Å².